The van der Waals surface area contributed by atoms with Gasteiger partial charge in [0, 0.05) is 21.9 Å². The Hall–Kier alpha value is -5.90. The van der Waals surface area contributed by atoms with Gasteiger partial charge in [0.1, 0.15) is 11.5 Å². The number of aromatic nitrogens is 8. The van der Waals surface area contributed by atoms with Gasteiger partial charge in [0.05, 0.1) is 82.5 Å². The molecule has 0 fully saturated rings. The SMILES string of the molecule is CCOc1cccc(-c2cnc3cc4[nH]ncc4cc3n2)c1.CCOc1cccc(-c2cnc3cc4cn[nH]c4cc3n2)c1. The van der Waals surface area contributed by atoms with Gasteiger partial charge < -0.3 is 9.47 Å². The third-order valence-corrected chi connectivity index (χ3v) is 7.09. The Morgan fingerprint density at radius 1 is 0.545 bits per heavy atom. The first-order valence-corrected chi connectivity index (χ1v) is 14.3. The van der Waals surface area contributed by atoms with Gasteiger partial charge in [-0.2, -0.15) is 10.2 Å². The standard InChI is InChI=1S/2C17H14N4O/c1-2-22-13-5-3-4-11(6-13)17-10-18-15-8-14-12(9-19-21-14)7-16(15)20-17;1-2-22-13-5-3-4-11(6-13)17-10-18-15-7-12-9-19-21-14(12)8-16(15)20-17/h2*3-10H,2H2,1H3,(H,19,21). The van der Waals surface area contributed by atoms with Crippen molar-refractivity contribution in [2.75, 3.05) is 13.2 Å². The summed E-state index contributed by atoms with van der Waals surface area (Å²) in [7, 11) is 0. The highest BCUT2D eigenvalue weighted by atomic mass is 16.5. The number of aromatic amines is 2. The van der Waals surface area contributed by atoms with Crippen molar-refractivity contribution in [1.29, 1.82) is 0 Å². The first-order valence-electron chi connectivity index (χ1n) is 14.3. The maximum Gasteiger partial charge on any atom is 0.119 e. The molecule has 0 bridgehead atoms. The molecule has 4 aromatic heterocycles. The van der Waals surface area contributed by atoms with Crippen LogP contribution >= 0.6 is 0 Å². The minimum absolute atomic E-state index is 0.644. The van der Waals surface area contributed by atoms with Crippen LogP contribution in [0.4, 0.5) is 0 Å². The monoisotopic (exact) mass is 580 g/mol. The predicted molar refractivity (Wildman–Crippen MR) is 172 cm³/mol. The Morgan fingerprint density at radius 2 is 1.02 bits per heavy atom. The summed E-state index contributed by atoms with van der Waals surface area (Å²) >= 11 is 0. The molecule has 0 aliphatic heterocycles. The third kappa shape index (κ3) is 5.48. The molecule has 8 aromatic rings. The van der Waals surface area contributed by atoms with Gasteiger partial charge in [0.15, 0.2) is 0 Å². The van der Waals surface area contributed by atoms with Gasteiger partial charge in [-0.05, 0) is 62.4 Å². The van der Waals surface area contributed by atoms with Crippen LogP contribution in [0.15, 0.2) is 97.6 Å². The van der Waals surface area contributed by atoms with E-state index in [1.165, 1.54) is 0 Å². The largest absolute Gasteiger partial charge is 0.494 e. The van der Waals surface area contributed by atoms with Gasteiger partial charge in [-0.1, -0.05) is 24.3 Å². The number of benzene rings is 4. The second kappa shape index (κ2) is 11.8. The van der Waals surface area contributed by atoms with E-state index >= 15 is 0 Å². The zero-order chi connectivity index (χ0) is 29.9. The summed E-state index contributed by atoms with van der Waals surface area (Å²) in [6, 6.07) is 23.7. The van der Waals surface area contributed by atoms with Crippen molar-refractivity contribution in [2.45, 2.75) is 13.8 Å². The van der Waals surface area contributed by atoms with Crippen LogP contribution in [-0.2, 0) is 0 Å². The van der Waals surface area contributed by atoms with E-state index in [1.54, 1.807) is 24.8 Å². The molecule has 44 heavy (non-hydrogen) atoms. The lowest BCUT2D eigenvalue weighted by atomic mass is 10.1. The molecule has 0 saturated carbocycles. The summed E-state index contributed by atoms with van der Waals surface area (Å²) in [5.41, 5.74) is 8.97. The van der Waals surface area contributed by atoms with Crippen LogP contribution < -0.4 is 9.47 Å². The molecule has 0 saturated heterocycles. The summed E-state index contributed by atoms with van der Waals surface area (Å²) in [6.45, 7) is 5.23. The van der Waals surface area contributed by atoms with Crippen molar-refractivity contribution in [1.82, 2.24) is 40.3 Å². The maximum atomic E-state index is 5.54. The molecular weight excluding hydrogens is 552 g/mol. The molecule has 0 aliphatic carbocycles. The Kier molecular flexibility index (Phi) is 7.21. The molecule has 4 heterocycles. The molecule has 0 amide bonds. The lowest BCUT2D eigenvalue weighted by Gasteiger charge is -2.06. The van der Waals surface area contributed by atoms with Gasteiger partial charge in [-0.25, -0.2) is 9.97 Å². The summed E-state index contributed by atoms with van der Waals surface area (Å²) in [4.78, 5) is 18.5. The van der Waals surface area contributed by atoms with E-state index in [-0.39, 0.29) is 0 Å². The Labute approximate surface area is 252 Å². The second-order valence-electron chi connectivity index (χ2n) is 10.0. The van der Waals surface area contributed by atoms with E-state index in [1.807, 2.05) is 86.6 Å². The van der Waals surface area contributed by atoms with Gasteiger partial charge in [0.25, 0.3) is 0 Å². The highest BCUT2D eigenvalue weighted by Crippen LogP contribution is 2.26. The summed E-state index contributed by atoms with van der Waals surface area (Å²) in [5.74, 6) is 1.68. The number of nitrogens with zero attached hydrogens (tertiary/aromatic N) is 6. The van der Waals surface area contributed by atoms with Crippen LogP contribution in [-0.4, -0.2) is 53.5 Å². The van der Waals surface area contributed by atoms with Gasteiger partial charge >= 0.3 is 0 Å². The van der Waals surface area contributed by atoms with Crippen LogP contribution in [0.2, 0.25) is 0 Å². The smallest absolute Gasteiger partial charge is 0.119 e. The van der Waals surface area contributed by atoms with Crippen LogP contribution in [0.1, 0.15) is 13.8 Å². The lowest BCUT2D eigenvalue weighted by Crippen LogP contribution is -1.93. The molecule has 8 rings (SSSR count). The van der Waals surface area contributed by atoms with Gasteiger partial charge in [-0.15, -0.1) is 0 Å². The fourth-order valence-corrected chi connectivity index (χ4v) is 5.00. The van der Waals surface area contributed by atoms with E-state index in [9.17, 15) is 0 Å². The Bertz CT molecular complexity index is 2080. The fourth-order valence-electron chi connectivity index (χ4n) is 5.00. The molecule has 0 radical (unpaired) electrons. The van der Waals surface area contributed by atoms with E-state index < -0.39 is 0 Å². The third-order valence-electron chi connectivity index (χ3n) is 7.09. The van der Waals surface area contributed by atoms with Crippen LogP contribution in [0.5, 0.6) is 11.5 Å². The maximum absolute atomic E-state index is 5.54. The van der Waals surface area contributed by atoms with E-state index in [2.05, 4.69) is 30.4 Å². The number of nitrogens with one attached hydrogen (secondary N) is 2. The molecule has 4 aromatic carbocycles. The average molecular weight is 581 g/mol. The van der Waals surface area contributed by atoms with Crippen molar-refractivity contribution in [3.8, 4) is 34.0 Å². The number of hydrogen-bond donors (Lipinski definition) is 2. The van der Waals surface area contributed by atoms with Crippen molar-refractivity contribution in [2.24, 2.45) is 0 Å². The Balaban J connectivity index is 0.000000142. The average Bonchev–Trinajstić information content (AvgIpc) is 3.72. The molecule has 0 unspecified atom stereocenters. The van der Waals surface area contributed by atoms with Crippen molar-refractivity contribution in [3.05, 3.63) is 97.6 Å². The molecule has 216 valence electrons. The fraction of sp³-hybridized carbons (Fsp3) is 0.118. The van der Waals surface area contributed by atoms with Crippen molar-refractivity contribution >= 4 is 43.9 Å². The number of H-pyrrole nitrogens is 2. The van der Waals surface area contributed by atoms with Crippen LogP contribution in [0.25, 0.3) is 66.4 Å². The normalized spacial score (nSPS) is 11.1. The lowest BCUT2D eigenvalue weighted by molar-refractivity contribution is 0.340. The zero-order valence-corrected chi connectivity index (χ0v) is 24.2. The minimum Gasteiger partial charge on any atom is -0.494 e. The van der Waals surface area contributed by atoms with Crippen LogP contribution in [0, 0.1) is 0 Å². The number of ether oxygens (including phenoxy) is 2. The first kappa shape index (κ1) is 27.0. The van der Waals surface area contributed by atoms with E-state index in [4.69, 9.17) is 19.4 Å². The molecule has 0 atom stereocenters. The summed E-state index contributed by atoms with van der Waals surface area (Å²) in [5, 5.41) is 16.0. The zero-order valence-electron chi connectivity index (χ0n) is 24.2. The highest BCUT2D eigenvalue weighted by molar-refractivity contribution is 5.94. The predicted octanol–water partition coefficient (Wildman–Crippen LogP) is 7.14. The number of rotatable bonds is 6. The van der Waals surface area contributed by atoms with E-state index in [0.717, 1.165) is 77.9 Å². The number of hydrogen-bond acceptors (Lipinski definition) is 8. The highest BCUT2D eigenvalue weighted by Gasteiger charge is 2.08. The molecule has 10 nitrogen and oxygen atoms in total. The number of fused-ring (bicyclic) bond motifs is 4. The van der Waals surface area contributed by atoms with Gasteiger partial charge in [-0.3, -0.25) is 20.2 Å². The molecular formula is C34H28N8O2. The van der Waals surface area contributed by atoms with Crippen LogP contribution in [0.3, 0.4) is 0 Å². The molecule has 10 heteroatoms. The minimum atomic E-state index is 0.644. The summed E-state index contributed by atoms with van der Waals surface area (Å²) < 4.78 is 11.1. The quantitative estimate of drug-likeness (QED) is 0.212. The Morgan fingerprint density at radius 3 is 1.57 bits per heavy atom. The molecule has 2 N–H and O–H groups in total. The first-order chi connectivity index (χ1) is 21.7. The molecule has 0 spiro atoms. The second-order valence-corrected chi connectivity index (χ2v) is 10.0. The topological polar surface area (TPSA) is 127 Å². The van der Waals surface area contributed by atoms with Crippen molar-refractivity contribution in [3.63, 3.8) is 0 Å². The molecule has 0 aliphatic rings. The van der Waals surface area contributed by atoms with E-state index in [0.29, 0.717) is 13.2 Å². The van der Waals surface area contributed by atoms with Gasteiger partial charge in [0.2, 0.25) is 0 Å². The summed E-state index contributed by atoms with van der Waals surface area (Å²) in [6.07, 6.45) is 7.16. The van der Waals surface area contributed by atoms with Crippen molar-refractivity contribution < 1.29 is 9.47 Å².